The van der Waals surface area contributed by atoms with Crippen LogP contribution in [0.25, 0.3) is 0 Å². The van der Waals surface area contributed by atoms with Gasteiger partial charge < -0.3 is 5.32 Å². The van der Waals surface area contributed by atoms with Gasteiger partial charge in [-0.2, -0.15) is 0 Å². The van der Waals surface area contributed by atoms with E-state index in [9.17, 15) is 4.79 Å². The fraction of sp³-hybridized carbons (Fsp3) is 0.381. The summed E-state index contributed by atoms with van der Waals surface area (Å²) in [5.74, 6) is 1.15. The van der Waals surface area contributed by atoms with Gasteiger partial charge in [0.15, 0.2) is 0 Å². The molecular weight excluding hydrogens is 364 g/mol. The van der Waals surface area contributed by atoms with Crippen molar-refractivity contribution in [3.8, 4) is 0 Å². The van der Waals surface area contributed by atoms with Crippen molar-refractivity contribution in [3.05, 3.63) is 65.2 Å². The van der Waals surface area contributed by atoms with E-state index in [2.05, 4.69) is 28.4 Å². The van der Waals surface area contributed by atoms with Gasteiger partial charge in [0.2, 0.25) is 5.91 Å². The third-order valence-corrected chi connectivity index (χ3v) is 6.02. The second-order valence-electron chi connectivity index (χ2n) is 6.62. The molecule has 0 unspecified atom stereocenters. The zero-order valence-corrected chi connectivity index (χ0v) is 16.4. The summed E-state index contributed by atoms with van der Waals surface area (Å²) in [5.41, 5.74) is 1.13. The number of carbonyl (C=O) groups excluding carboxylic acids is 1. The SMILES string of the molecule is O=C(NCCSc1ccccc1)[C@@H]1CCCN(Cc2ccccc2Cl)C1. The van der Waals surface area contributed by atoms with Crippen molar-refractivity contribution in [1.82, 2.24) is 10.2 Å². The van der Waals surface area contributed by atoms with Gasteiger partial charge in [-0.3, -0.25) is 9.69 Å². The van der Waals surface area contributed by atoms with Crippen LogP contribution in [0.4, 0.5) is 0 Å². The van der Waals surface area contributed by atoms with Crippen molar-refractivity contribution in [1.29, 1.82) is 0 Å². The molecule has 0 radical (unpaired) electrons. The highest BCUT2D eigenvalue weighted by molar-refractivity contribution is 7.99. The van der Waals surface area contributed by atoms with Gasteiger partial charge in [0.1, 0.15) is 0 Å². The predicted octanol–water partition coefficient (Wildman–Crippen LogP) is 4.46. The smallest absolute Gasteiger partial charge is 0.224 e. The minimum absolute atomic E-state index is 0.0768. The number of halogens is 1. The number of nitrogens with zero attached hydrogens (tertiary/aromatic N) is 1. The van der Waals surface area contributed by atoms with E-state index in [4.69, 9.17) is 11.6 Å². The third-order valence-electron chi connectivity index (χ3n) is 4.64. The Morgan fingerprint density at radius 1 is 1.15 bits per heavy atom. The quantitative estimate of drug-likeness (QED) is 0.561. The molecule has 5 heteroatoms. The minimum atomic E-state index is 0.0768. The molecule has 2 aromatic carbocycles. The predicted molar refractivity (Wildman–Crippen MR) is 110 cm³/mol. The minimum Gasteiger partial charge on any atom is -0.355 e. The fourth-order valence-electron chi connectivity index (χ4n) is 3.28. The summed E-state index contributed by atoms with van der Waals surface area (Å²) >= 11 is 8.04. The summed E-state index contributed by atoms with van der Waals surface area (Å²) in [6.45, 7) is 3.36. The van der Waals surface area contributed by atoms with Crippen LogP contribution in [0.5, 0.6) is 0 Å². The van der Waals surface area contributed by atoms with Gasteiger partial charge in [-0.05, 0) is 43.1 Å². The van der Waals surface area contributed by atoms with Crippen molar-refractivity contribution >= 4 is 29.3 Å². The molecule has 2 aromatic rings. The third kappa shape index (κ3) is 5.76. The first-order valence-corrected chi connectivity index (χ1v) is 10.5. The maximum atomic E-state index is 12.5. The average Bonchev–Trinajstić information content (AvgIpc) is 2.68. The van der Waals surface area contributed by atoms with Crippen LogP contribution in [0.1, 0.15) is 18.4 Å². The van der Waals surface area contributed by atoms with E-state index in [1.54, 1.807) is 11.8 Å². The molecule has 3 rings (SSSR count). The number of benzene rings is 2. The zero-order valence-electron chi connectivity index (χ0n) is 14.9. The second-order valence-corrected chi connectivity index (χ2v) is 8.19. The maximum Gasteiger partial charge on any atom is 0.224 e. The normalized spacial score (nSPS) is 17.8. The lowest BCUT2D eigenvalue weighted by molar-refractivity contribution is -0.126. The molecule has 0 spiro atoms. The van der Waals surface area contributed by atoms with Gasteiger partial charge >= 0.3 is 0 Å². The molecule has 1 atom stereocenters. The summed E-state index contributed by atoms with van der Waals surface area (Å²) in [6, 6.07) is 18.2. The Morgan fingerprint density at radius 2 is 1.92 bits per heavy atom. The van der Waals surface area contributed by atoms with Crippen LogP contribution in [0, 0.1) is 5.92 Å². The summed E-state index contributed by atoms with van der Waals surface area (Å²) in [4.78, 5) is 16.1. The maximum absolute atomic E-state index is 12.5. The number of nitrogens with one attached hydrogen (secondary N) is 1. The van der Waals surface area contributed by atoms with Crippen molar-refractivity contribution in [3.63, 3.8) is 0 Å². The van der Waals surface area contributed by atoms with Crippen molar-refractivity contribution in [2.75, 3.05) is 25.4 Å². The molecule has 3 nitrogen and oxygen atoms in total. The average molecular weight is 389 g/mol. The first-order valence-electron chi connectivity index (χ1n) is 9.13. The summed E-state index contributed by atoms with van der Waals surface area (Å²) in [5, 5.41) is 3.91. The lowest BCUT2D eigenvalue weighted by Crippen LogP contribution is -2.43. The van der Waals surface area contributed by atoms with E-state index in [1.807, 2.05) is 36.4 Å². The van der Waals surface area contributed by atoms with Gasteiger partial charge in [-0.15, -0.1) is 11.8 Å². The molecule has 1 fully saturated rings. The molecule has 1 amide bonds. The first-order chi connectivity index (χ1) is 12.7. The van der Waals surface area contributed by atoms with Gasteiger partial charge in [0.05, 0.1) is 5.92 Å². The topological polar surface area (TPSA) is 32.3 Å². The highest BCUT2D eigenvalue weighted by Gasteiger charge is 2.25. The Hall–Kier alpha value is -1.49. The Bertz CT molecular complexity index is 710. The van der Waals surface area contributed by atoms with Gasteiger partial charge in [-0.25, -0.2) is 0 Å². The summed E-state index contributed by atoms with van der Waals surface area (Å²) < 4.78 is 0. The van der Waals surface area contributed by atoms with E-state index in [0.29, 0.717) is 6.54 Å². The lowest BCUT2D eigenvalue weighted by atomic mass is 9.96. The molecule has 0 saturated carbocycles. The van der Waals surface area contributed by atoms with Crippen molar-refractivity contribution in [2.24, 2.45) is 5.92 Å². The van der Waals surface area contributed by atoms with Gasteiger partial charge in [-0.1, -0.05) is 48.0 Å². The first kappa shape index (κ1) is 19.3. The largest absolute Gasteiger partial charge is 0.355 e. The van der Waals surface area contributed by atoms with E-state index in [-0.39, 0.29) is 11.8 Å². The molecule has 0 aromatic heterocycles. The molecule has 138 valence electrons. The fourth-order valence-corrected chi connectivity index (χ4v) is 4.27. The molecule has 26 heavy (non-hydrogen) atoms. The molecule has 0 bridgehead atoms. The number of hydrogen-bond donors (Lipinski definition) is 1. The number of carbonyl (C=O) groups is 1. The van der Waals surface area contributed by atoms with Crippen LogP contribution in [-0.2, 0) is 11.3 Å². The number of rotatable bonds is 7. The van der Waals surface area contributed by atoms with Crippen LogP contribution >= 0.6 is 23.4 Å². The monoisotopic (exact) mass is 388 g/mol. The Labute approximate surface area is 165 Å². The van der Waals surface area contributed by atoms with Gasteiger partial charge in [0.25, 0.3) is 0 Å². The molecule has 1 aliphatic heterocycles. The van der Waals surface area contributed by atoms with Crippen molar-refractivity contribution in [2.45, 2.75) is 24.3 Å². The molecule has 1 heterocycles. The second kappa shape index (κ2) is 10.0. The molecular formula is C21H25ClN2OS. The number of likely N-dealkylation sites (tertiary alicyclic amines) is 1. The highest BCUT2D eigenvalue weighted by atomic mass is 35.5. The van der Waals surface area contributed by atoms with Crippen LogP contribution < -0.4 is 5.32 Å². The van der Waals surface area contributed by atoms with Crippen LogP contribution in [0.15, 0.2) is 59.5 Å². The van der Waals surface area contributed by atoms with E-state index >= 15 is 0 Å². The van der Waals surface area contributed by atoms with Crippen molar-refractivity contribution < 1.29 is 4.79 Å². The van der Waals surface area contributed by atoms with E-state index in [0.717, 1.165) is 48.8 Å². The van der Waals surface area contributed by atoms with Crippen LogP contribution in [-0.4, -0.2) is 36.2 Å². The zero-order chi connectivity index (χ0) is 18.2. The standard InChI is InChI=1S/C21H25ClN2OS/c22-20-11-5-4-7-17(20)15-24-13-6-8-18(16-24)21(25)23-12-14-26-19-9-2-1-3-10-19/h1-5,7,9-11,18H,6,8,12-16H2,(H,23,25)/t18-/m1/s1. The van der Waals surface area contributed by atoms with Crippen LogP contribution in [0.2, 0.25) is 5.02 Å². The highest BCUT2D eigenvalue weighted by Crippen LogP contribution is 2.22. The number of hydrogen-bond acceptors (Lipinski definition) is 3. The molecule has 1 N–H and O–H groups in total. The van der Waals surface area contributed by atoms with E-state index in [1.165, 1.54) is 4.90 Å². The lowest BCUT2D eigenvalue weighted by Gasteiger charge is -2.32. The number of amides is 1. The number of piperidine rings is 1. The molecule has 1 saturated heterocycles. The Kier molecular flexibility index (Phi) is 7.42. The summed E-state index contributed by atoms with van der Waals surface area (Å²) in [7, 11) is 0. The molecule has 1 aliphatic rings. The Balaban J connectivity index is 1.42. The van der Waals surface area contributed by atoms with E-state index < -0.39 is 0 Å². The summed E-state index contributed by atoms with van der Waals surface area (Å²) in [6.07, 6.45) is 2.03. The Morgan fingerprint density at radius 3 is 2.73 bits per heavy atom. The van der Waals surface area contributed by atoms with Crippen LogP contribution in [0.3, 0.4) is 0 Å². The van der Waals surface area contributed by atoms with Gasteiger partial charge in [0, 0.05) is 35.3 Å². The number of thioether (sulfide) groups is 1. The molecule has 0 aliphatic carbocycles.